The van der Waals surface area contributed by atoms with Gasteiger partial charge in [0.1, 0.15) is 6.33 Å². The van der Waals surface area contributed by atoms with Crippen LogP contribution in [0.15, 0.2) is 6.33 Å². The van der Waals surface area contributed by atoms with E-state index in [1.165, 1.54) is 6.33 Å². The van der Waals surface area contributed by atoms with E-state index in [2.05, 4.69) is 15.0 Å². The van der Waals surface area contributed by atoms with E-state index in [1.54, 1.807) is 0 Å². The number of piperidine rings is 1. The third-order valence-corrected chi connectivity index (χ3v) is 2.38. The van der Waals surface area contributed by atoms with Crippen LogP contribution in [0.5, 0.6) is 0 Å². The number of anilines is 2. The van der Waals surface area contributed by atoms with E-state index in [4.69, 9.17) is 17.2 Å². The lowest BCUT2D eigenvalue weighted by molar-refractivity contribution is 0.447. The maximum absolute atomic E-state index is 5.87. The fourth-order valence-corrected chi connectivity index (χ4v) is 1.79. The minimum atomic E-state index is 0.0618. The molecule has 0 amide bonds. The van der Waals surface area contributed by atoms with Crippen molar-refractivity contribution in [3.05, 3.63) is 6.33 Å². The van der Waals surface area contributed by atoms with Crippen LogP contribution in [0.3, 0.4) is 0 Å². The van der Waals surface area contributed by atoms with Crippen LogP contribution in [0, 0.1) is 0 Å². The Morgan fingerprint density at radius 2 is 1.87 bits per heavy atom. The molecule has 1 aromatic heterocycles. The van der Waals surface area contributed by atoms with Crippen LogP contribution in [-0.4, -0.2) is 40.1 Å². The van der Waals surface area contributed by atoms with Gasteiger partial charge in [0.25, 0.3) is 0 Å². The molecule has 0 bridgehead atoms. The molecule has 2 rings (SSSR count). The summed E-state index contributed by atoms with van der Waals surface area (Å²) in [6.45, 7) is 1.41. The number of rotatable bonds is 1. The standard InChI is InChI=1S/C8H15N7/c9-5-1-6(10)3-15(2-5)8-13-4-12-7(11)14-8/h4-6H,1-3,9-10H2,(H2,11,12,13,14). The van der Waals surface area contributed by atoms with Gasteiger partial charge in [-0.2, -0.15) is 4.98 Å². The summed E-state index contributed by atoms with van der Waals surface area (Å²) < 4.78 is 0. The third kappa shape index (κ3) is 2.31. The smallest absolute Gasteiger partial charge is 0.230 e. The van der Waals surface area contributed by atoms with Crippen molar-refractivity contribution in [2.24, 2.45) is 11.5 Å². The first kappa shape index (κ1) is 10.1. The molecular weight excluding hydrogens is 194 g/mol. The highest BCUT2D eigenvalue weighted by Gasteiger charge is 2.24. The molecule has 1 aromatic rings. The largest absolute Gasteiger partial charge is 0.368 e. The highest BCUT2D eigenvalue weighted by atomic mass is 15.3. The molecule has 7 nitrogen and oxygen atoms in total. The van der Waals surface area contributed by atoms with Gasteiger partial charge in [-0.05, 0) is 6.42 Å². The average molecular weight is 209 g/mol. The Hall–Kier alpha value is -1.47. The van der Waals surface area contributed by atoms with Gasteiger partial charge in [0.05, 0.1) is 0 Å². The van der Waals surface area contributed by atoms with Crippen LogP contribution in [0.1, 0.15) is 6.42 Å². The van der Waals surface area contributed by atoms with Gasteiger partial charge in [0, 0.05) is 25.2 Å². The molecule has 2 unspecified atom stereocenters. The van der Waals surface area contributed by atoms with Crippen LogP contribution in [0.25, 0.3) is 0 Å². The van der Waals surface area contributed by atoms with E-state index in [-0.39, 0.29) is 18.0 Å². The molecule has 6 N–H and O–H groups in total. The number of aromatic nitrogens is 3. The normalized spacial score (nSPS) is 26.7. The molecule has 1 fully saturated rings. The Labute approximate surface area is 87.7 Å². The first-order chi connectivity index (χ1) is 7.15. The third-order valence-electron chi connectivity index (χ3n) is 2.38. The number of nitrogens with two attached hydrogens (primary N) is 3. The summed E-state index contributed by atoms with van der Waals surface area (Å²) in [7, 11) is 0. The second-order valence-corrected chi connectivity index (χ2v) is 3.80. The summed E-state index contributed by atoms with van der Waals surface area (Å²) in [5, 5.41) is 0. The molecule has 82 valence electrons. The molecule has 0 saturated carbocycles. The highest BCUT2D eigenvalue weighted by molar-refractivity contribution is 5.34. The maximum atomic E-state index is 5.87. The van der Waals surface area contributed by atoms with Crippen molar-refractivity contribution >= 4 is 11.9 Å². The summed E-state index contributed by atoms with van der Waals surface area (Å²) in [5.41, 5.74) is 17.2. The van der Waals surface area contributed by atoms with Crippen molar-refractivity contribution in [1.29, 1.82) is 0 Å². The lowest BCUT2D eigenvalue weighted by Crippen LogP contribution is -2.52. The Balaban J connectivity index is 2.16. The lowest BCUT2D eigenvalue weighted by atomic mass is 10.0. The predicted molar refractivity (Wildman–Crippen MR) is 57.0 cm³/mol. The first-order valence-corrected chi connectivity index (χ1v) is 4.86. The van der Waals surface area contributed by atoms with Crippen LogP contribution >= 0.6 is 0 Å². The molecule has 0 radical (unpaired) electrons. The molecule has 1 aliphatic heterocycles. The molecule has 0 aliphatic carbocycles. The topological polar surface area (TPSA) is 120 Å². The molecule has 7 heteroatoms. The maximum Gasteiger partial charge on any atom is 0.230 e. The zero-order chi connectivity index (χ0) is 10.8. The van der Waals surface area contributed by atoms with Gasteiger partial charge in [-0.15, -0.1) is 0 Å². The summed E-state index contributed by atoms with van der Waals surface area (Å²) in [5.74, 6) is 0.765. The van der Waals surface area contributed by atoms with Crippen LogP contribution in [-0.2, 0) is 0 Å². The molecule has 0 aromatic carbocycles. The van der Waals surface area contributed by atoms with E-state index in [0.717, 1.165) is 6.42 Å². The van der Waals surface area contributed by atoms with Crippen LogP contribution < -0.4 is 22.1 Å². The Kier molecular flexibility index (Phi) is 2.65. The van der Waals surface area contributed by atoms with Crippen LogP contribution in [0.2, 0.25) is 0 Å². The summed E-state index contributed by atoms with van der Waals surface area (Å²) in [4.78, 5) is 13.8. The minimum absolute atomic E-state index is 0.0618. The van der Waals surface area contributed by atoms with Crippen molar-refractivity contribution < 1.29 is 0 Å². The monoisotopic (exact) mass is 209 g/mol. The Morgan fingerprint density at radius 3 is 2.47 bits per heavy atom. The second-order valence-electron chi connectivity index (χ2n) is 3.80. The fourth-order valence-electron chi connectivity index (χ4n) is 1.79. The molecule has 2 atom stereocenters. The molecule has 15 heavy (non-hydrogen) atoms. The van der Waals surface area contributed by atoms with Gasteiger partial charge in [-0.3, -0.25) is 0 Å². The second kappa shape index (κ2) is 3.95. The van der Waals surface area contributed by atoms with E-state index >= 15 is 0 Å². The molecule has 0 spiro atoms. The molecule has 2 heterocycles. The zero-order valence-corrected chi connectivity index (χ0v) is 8.37. The van der Waals surface area contributed by atoms with E-state index < -0.39 is 0 Å². The van der Waals surface area contributed by atoms with E-state index in [9.17, 15) is 0 Å². The number of hydrogen-bond acceptors (Lipinski definition) is 7. The van der Waals surface area contributed by atoms with Gasteiger partial charge < -0.3 is 22.1 Å². The Bertz CT molecular complexity index is 332. The highest BCUT2D eigenvalue weighted by Crippen LogP contribution is 2.14. The summed E-state index contributed by atoms with van der Waals surface area (Å²) in [6, 6.07) is 0.124. The molecule has 1 saturated heterocycles. The van der Waals surface area contributed by atoms with E-state index in [0.29, 0.717) is 19.0 Å². The number of hydrogen-bond donors (Lipinski definition) is 3. The van der Waals surface area contributed by atoms with Crippen LogP contribution in [0.4, 0.5) is 11.9 Å². The molecular formula is C8H15N7. The Morgan fingerprint density at radius 1 is 1.20 bits per heavy atom. The molecule has 1 aliphatic rings. The average Bonchev–Trinajstić information content (AvgIpc) is 2.16. The van der Waals surface area contributed by atoms with Crippen molar-refractivity contribution in [3.63, 3.8) is 0 Å². The summed E-state index contributed by atoms with van der Waals surface area (Å²) in [6.07, 6.45) is 2.22. The van der Waals surface area contributed by atoms with Crippen molar-refractivity contribution in [2.75, 3.05) is 23.7 Å². The van der Waals surface area contributed by atoms with Gasteiger partial charge in [0.15, 0.2) is 0 Å². The van der Waals surface area contributed by atoms with Gasteiger partial charge in [-0.25, -0.2) is 9.97 Å². The van der Waals surface area contributed by atoms with Crippen molar-refractivity contribution in [3.8, 4) is 0 Å². The first-order valence-electron chi connectivity index (χ1n) is 4.86. The zero-order valence-electron chi connectivity index (χ0n) is 8.37. The minimum Gasteiger partial charge on any atom is -0.368 e. The van der Waals surface area contributed by atoms with E-state index in [1.807, 2.05) is 4.90 Å². The number of nitrogen functional groups attached to an aromatic ring is 1. The lowest BCUT2D eigenvalue weighted by Gasteiger charge is -2.34. The number of nitrogens with zero attached hydrogens (tertiary/aromatic N) is 4. The van der Waals surface area contributed by atoms with Gasteiger partial charge >= 0.3 is 0 Å². The predicted octanol–water partition coefficient (Wildman–Crippen LogP) is -1.68. The summed E-state index contributed by atoms with van der Waals surface area (Å²) >= 11 is 0. The van der Waals surface area contributed by atoms with Crippen molar-refractivity contribution in [1.82, 2.24) is 15.0 Å². The quantitative estimate of drug-likeness (QED) is 0.505. The van der Waals surface area contributed by atoms with Crippen molar-refractivity contribution in [2.45, 2.75) is 18.5 Å². The SMILES string of the molecule is Nc1ncnc(N2CC(N)CC(N)C2)n1. The fraction of sp³-hybridized carbons (Fsp3) is 0.625. The van der Waals surface area contributed by atoms with Gasteiger partial charge in [0.2, 0.25) is 11.9 Å². The van der Waals surface area contributed by atoms with Gasteiger partial charge in [-0.1, -0.05) is 0 Å².